The number of hydrogen-bond acceptors (Lipinski definition) is 9. The minimum Gasteiger partial charge on any atom is -0.427 e. The second kappa shape index (κ2) is 18.6. The summed E-state index contributed by atoms with van der Waals surface area (Å²) in [5.41, 5.74) is 10.6. The SMILES string of the molecule is CCCCCCC(=O)Oc1ccc(NCNc2ccc(N=Nc3ccc(NNc4ccc(N(CC)CC(F)(F)C(F)(F)F)cc4)cc3)cc2)cc1. The van der Waals surface area contributed by atoms with Crippen LogP contribution in [0.5, 0.6) is 5.75 Å². The van der Waals surface area contributed by atoms with Gasteiger partial charge in [-0.15, -0.1) is 0 Å². The molecule has 14 heteroatoms. The number of azo groups is 1. The van der Waals surface area contributed by atoms with Gasteiger partial charge in [-0.2, -0.15) is 32.2 Å². The van der Waals surface area contributed by atoms with E-state index in [0.29, 0.717) is 41.6 Å². The molecule has 4 aromatic carbocycles. The summed E-state index contributed by atoms with van der Waals surface area (Å²) in [7, 11) is 0. The molecule has 0 aliphatic carbocycles. The third-order valence-corrected chi connectivity index (χ3v) is 7.69. The fourth-order valence-corrected chi connectivity index (χ4v) is 4.76. The van der Waals surface area contributed by atoms with Crippen molar-refractivity contribution in [3.05, 3.63) is 97.1 Å². The zero-order valence-electron chi connectivity index (χ0n) is 28.4. The maximum atomic E-state index is 13.5. The number of halogens is 5. The minimum absolute atomic E-state index is 0.0143. The molecule has 0 unspecified atom stereocenters. The number of carbonyl (C=O) groups excluding carboxylic acids is 1. The molecule has 4 N–H and O–H groups in total. The summed E-state index contributed by atoms with van der Waals surface area (Å²) >= 11 is 0. The molecule has 0 aliphatic rings. The molecular formula is C37H42F5N7O2. The lowest BCUT2D eigenvalue weighted by molar-refractivity contribution is -0.277. The highest BCUT2D eigenvalue weighted by atomic mass is 19.4. The third kappa shape index (κ3) is 12.5. The molecular weight excluding hydrogens is 669 g/mol. The Morgan fingerprint density at radius 2 is 1.16 bits per heavy atom. The molecule has 4 aromatic rings. The summed E-state index contributed by atoms with van der Waals surface area (Å²) in [5.74, 6) is -4.51. The van der Waals surface area contributed by atoms with Gasteiger partial charge in [-0.1, -0.05) is 26.2 Å². The molecule has 0 saturated carbocycles. The predicted molar refractivity (Wildman–Crippen MR) is 193 cm³/mol. The Morgan fingerprint density at radius 3 is 1.65 bits per heavy atom. The van der Waals surface area contributed by atoms with Gasteiger partial charge in [0.15, 0.2) is 0 Å². The molecule has 4 rings (SSSR count). The number of rotatable bonds is 19. The monoisotopic (exact) mass is 711 g/mol. The summed E-state index contributed by atoms with van der Waals surface area (Å²) in [6.45, 7) is 2.65. The quantitative estimate of drug-likeness (QED) is 0.0146. The van der Waals surface area contributed by atoms with E-state index in [0.717, 1.165) is 42.0 Å². The summed E-state index contributed by atoms with van der Waals surface area (Å²) < 4.78 is 70.4. The lowest BCUT2D eigenvalue weighted by Crippen LogP contribution is -2.47. The van der Waals surface area contributed by atoms with E-state index in [1.54, 1.807) is 48.5 Å². The highest BCUT2D eigenvalue weighted by Crippen LogP contribution is 2.37. The molecule has 0 aromatic heterocycles. The van der Waals surface area contributed by atoms with Gasteiger partial charge in [0.05, 0.1) is 36.0 Å². The molecule has 9 nitrogen and oxygen atoms in total. The average Bonchev–Trinajstić information content (AvgIpc) is 3.12. The molecule has 0 heterocycles. The van der Waals surface area contributed by atoms with E-state index in [1.807, 2.05) is 36.4 Å². The van der Waals surface area contributed by atoms with E-state index in [9.17, 15) is 26.7 Å². The van der Waals surface area contributed by atoms with Gasteiger partial charge in [0, 0.05) is 30.0 Å². The van der Waals surface area contributed by atoms with Gasteiger partial charge in [0.2, 0.25) is 0 Å². The summed E-state index contributed by atoms with van der Waals surface area (Å²) in [6, 6.07) is 27.9. The number of alkyl halides is 5. The van der Waals surface area contributed by atoms with Gasteiger partial charge < -0.3 is 31.1 Å². The molecule has 0 spiro atoms. The zero-order chi connectivity index (χ0) is 36.7. The van der Waals surface area contributed by atoms with Gasteiger partial charge in [-0.25, -0.2) is 0 Å². The highest BCUT2D eigenvalue weighted by molar-refractivity contribution is 5.72. The van der Waals surface area contributed by atoms with Crippen molar-refractivity contribution in [2.75, 3.05) is 46.1 Å². The summed E-state index contributed by atoms with van der Waals surface area (Å²) in [5, 5.41) is 15.1. The molecule has 0 fully saturated rings. The second-order valence-corrected chi connectivity index (χ2v) is 11.6. The van der Waals surface area contributed by atoms with Crippen LogP contribution in [0.4, 0.5) is 61.8 Å². The van der Waals surface area contributed by atoms with Gasteiger partial charge in [-0.3, -0.25) is 4.79 Å². The van der Waals surface area contributed by atoms with Crippen LogP contribution >= 0.6 is 0 Å². The lowest BCUT2D eigenvalue weighted by atomic mass is 10.1. The maximum absolute atomic E-state index is 13.5. The van der Waals surface area contributed by atoms with Gasteiger partial charge in [-0.05, 0) is 110 Å². The van der Waals surface area contributed by atoms with E-state index >= 15 is 0 Å². The van der Waals surface area contributed by atoms with Crippen molar-refractivity contribution in [3.8, 4) is 5.75 Å². The minimum atomic E-state index is -5.62. The molecule has 51 heavy (non-hydrogen) atoms. The van der Waals surface area contributed by atoms with Crippen molar-refractivity contribution in [2.24, 2.45) is 10.2 Å². The Balaban J connectivity index is 1.17. The van der Waals surface area contributed by atoms with Crippen molar-refractivity contribution in [1.82, 2.24) is 0 Å². The molecule has 0 saturated heterocycles. The van der Waals surface area contributed by atoms with E-state index in [-0.39, 0.29) is 18.2 Å². The first kappa shape index (κ1) is 38.4. The largest absolute Gasteiger partial charge is 0.455 e. The number of benzene rings is 4. The molecule has 0 radical (unpaired) electrons. The molecule has 0 atom stereocenters. The standard InChI is InChI=1S/C37H42F5N7O2/c1-3-5-6-7-8-35(50)51-34-23-19-28(20-24-34)44-26-43-27-9-11-29(12-10-27)45-46-30-13-15-31(16-14-30)47-48-32-17-21-33(22-18-32)49(4-2)25-36(38,39)37(40,41)42/h9-24,43-44,47-48H,3-8,25-26H2,1-2H3. The van der Waals surface area contributed by atoms with Crippen LogP contribution in [0.1, 0.15) is 46.0 Å². The van der Waals surface area contributed by atoms with Crippen molar-refractivity contribution in [3.63, 3.8) is 0 Å². The second-order valence-electron chi connectivity index (χ2n) is 11.6. The Hall–Kier alpha value is -5.40. The van der Waals surface area contributed by atoms with Gasteiger partial charge in [0.25, 0.3) is 0 Å². The number of hydrogen-bond donors (Lipinski definition) is 4. The topological polar surface area (TPSA) is 102 Å². The number of unbranched alkanes of at least 4 members (excludes halogenated alkanes) is 3. The summed E-state index contributed by atoms with van der Waals surface area (Å²) in [4.78, 5) is 12.9. The number of nitrogens with zero attached hydrogens (tertiary/aromatic N) is 3. The van der Waals surface area contributed by atoms with Crippen LogP contribution in [0, 0.1) is 0 Å². The summed E-state index contributed by atoms with van der Waals surface area (Å²) in [6.07, 6.45) is -1.06. The normalized spacial score (nSPS) is 11.7. The van der Waals surface area contributed by atoms with E-state index in [1.165, 1.54) is 19.1 Å². The number of nitrogens with one attached hydrogen (secondary N) is 4. The molecule has 0 amide bonds. The van der Waals surface area contributed by atoms with Crippen molar-refractivity contribution in [2.45, 2.75) is 58.1 Å². The lowest BCUT2D eigenvalue weighted by Gasteiger charge is -2.29. The average molecular weight is 712 g/mol. The van der Waals surface area contributed by atoms with Crippen molar-refractivity contribution < 1.29 is 31.5 Å². The Kier molecular flexibility index (Phi) is 14.0. The van der Waals surface area contributed by atoms with Gasteiger partial charge >= 0.3 is 18.1 Å². The third-order valence-electron chi connectivity index (χ3n) is 7.69. The number of esters is 1. The van der Waals surface area contributed by atoms with Gasteiger partial charge in [0.1, 0.15) is 5.75 Å². The van der Waals surface area contributed by atoms with Crippen LogP contribution in [0.25, 0.3) is 0 Å². The van der Waals surface area contributed by atoms with Crippen LogP contribution in [-0.2, 0) is 4.79 Å². The highest BCUT2D eigenvalue weighted by Gasteiger charge is 2.58. The van der Waals surface area contributed by atoms with Crippen LogP contribution in [0.15, 0.2) is 107 Å². The van der Waals surface area contributed by atoms with Crippen LogP contribution in [-0.4, -0.2) is 37.8 Å². The first-order valence-electron chi connectivity index (χ1n) is 16.7. The van der Waals surface area contributed by atoms with Crippen molar-refractivity contribution >= 4 is 45.8 Å². The Labute approximate surface area is 294 Å². The van der Waals surface area contributed by atoms with E-state index < -0.39 is 18.6 Å². The van der Waals surface area contributed by atoms with E-state index in [2.05, 4.69) is 38.6 Å². The smallest absolute Gasteiger partial charge is 0.427 e. The first-order valence-corrected chi connectivity index (χ1v) is 16.7. The Morgan fingerprint density at radius 1 is 0.667 bits per heavy atom. The van der Waals surface area contributed by atoms with Crippen molar-refractivity contribution in [1.29, 1.82) is 0 Å². The van der Waals surface area contributed by atoms with Crippen LogP contribution in [0.3, 0.4) is 0 Å². The first-order chi connectivity index (χ1) is 24.5. The molecule has 0 aliphatic heterocycles. The number of ether oxygens (including phenoxy) is 1. The fourth-order valence-electron chi connectivity index (χ4n) is 4.76. The predicted octanol–water partition coefficient (Wildman–Crippen LogP) is 10.9. The number of anilines is 5. The molecule has 272 valence electrons. The number of carbonyl (C=O) groups is 1. The van der Waals surface area contributed by atoms with E-state index in [4.69, 9.17) is 4.74 Å². The maximum Gasteiger partial charge on any atom is 0.455 e. The molecule has 0 bridgehead atoms. The van der Waals surface area contributed by atoms with Crippen LogP contribution < -0.4 is 31.1 Å². The fraction of sp³-hybridized carbons (Fsp3) is 0.324. The zero-order valence-corrected chi connectivity index (χ0v) is 28.4. The number of hydrazine groups is 1. The Bertz CT molecular complexity index is 1670. The van der Waals surface area contributed by atoms with Crippen LogP contribution in [0.2, 0.25) is 0 Å².